The summed E-state index contributed by atoms with van der Waals surface area (Å²) in [7, 11) is -3.70. The third-order valence-corrected chi connectivity index (χ3v) is 6.89. The number of carbonyl (C=O) groups is 1. The van der Waals surface area contributed by atoms with Gasteiger partial charge in [-0.3, -0.25) is 4.79 Å². The monoisotopic (exact) mass is 395 g/mol. The Kier molecular flexibility index (Phi) is 4.92. The fraction of sp³-hybridized carbons (Fsp3) is 0.333. The van der Waals surface area contributed by atoms with Crippen molar-refractivity contribution in [1.29, 1.82) is 5.26 Å². The van der Waals surface area contributed by atoms with Crippen LogP contribution in [0.5, 0.6) is 0 Å². The molecule has 1 amide bonds. The molecule has 0 radical (unpaired) electrons. The molecule has 2 aliphatic rings. The van der Waals surface area contributed by atoms with Gasteiger partial charge in [0.05, 0.1) is 16.5 Å². The molecule has 2 aliphatic carbocycles. The third kappa shape index (κ3) is 4.08. The smallest absolute Gasteiger partial charge is 0.251 e. The highest BCUT2D eigenvalue weighted by molar-refractivity contribution is 7.89. The molecule has 0 spiro atoms. The lowest BCUT2D eigenvalue weighted by Gasteiger charge is -2.22. The van der Waals surface area contributed by atoms with Gasteiger partial charge >= 0.3 is 0 Å². The Balaban J connectivity index is 1.53. The minimum Gasteiger partial charge on any atom is -0.349 e. The molecule has 7 heteroatoms. The van der Waals surface area contributed by atoms with Gasteiger partial charge in [0.15, 0.2) is 0 Å². The lowest BCUT2D eigenvalue weighted by Crippen LogP contribution is -2.32. The minimum atomic E-state index is -3.70. The molecule has 0 saturated heterocycles. The molecule has 0 heterocycles. The van der Waals surface area contributed by atoms with Crippen molar-refractivity contribution in [3.8, 4) is 6.07 Å². The third-order valence-electron chi connectivity index (χ3n) is 4.99. The predicted octanol–water partition coefficient (Wildman–Crippen LogP) is 2.80. The van der Waals surface area contributed by atoms with Crippen LogP contribution in [0, 0.1) is 11.3 Å². The number of nitrogens with one attached hydrogen (secondary N) is 1. The molecular formula is C21H21N3O3S. The molecule has 28 heavy (non-hydrogen) atoms. The van der Waals surface area contributed by atoms with Gasteiger partial charge in [0.25, 0.3) is 5.91 Å². The van der Waals surface area contributed by atoms with Gasteiger partial charge in [0.1, 0.15) is 0 Å². The maximum absolute atomic E-state index is 13.1. The summed E-state index contributed by atoms with van der Waals surface area (Å²) in [6.07, 6.45) is 3.73. The van der Waals surface area contributed by atoms with E-state index in [1.807, 2.05) is 6.07 Å². The van der Waals surface area contributed by atoms with Gasteiger partial charge < -0.3 is 5.32 Å². The molecule has 144 valence electrons. The molecule has 4 rings (SSSR count). The van der Waals surface area contributed by atoms with E-state index in [-0.39, 0.29) is 23.4 Å². The van der Waals surface area contributed by atoms with Gasteiger partial charge in [0, 0.05) is 24.2 Å². The van der Waals surface area contributed by atoms with Crippen LogP contribution in [0.15, 0.2) is 53.4 Å². The van der Waals surface area contributed by atoms with E-state index in [4.69, 9.17) is 5.26 Å². The molecule has 6 nitrogen and oxygen atoms in total. The molecule has 0 unspecified atom stereocenters. The van der Waals surface area contributed by atoms with Crippen LogP contribution in [-0.2, 0) is 16.6 Å². The van der Waals surface area contributed by atoms with Crippen LogP contribution in [0.3, 0.4) is 0 Å². The number of sulfonamides is 1. The second kappa shape index (κ2) is 7.38. The van der Waals surface area contributed by atoms with E-state index >= 15 is 0 Å². The van der Waals surface area contributed by atoms with E-state index in [1.165, 1.54) is 16.4 Å². The first-order valence-corrected chi connectivity index (χ1v) is 10.8. The predicted molar refractivity (Wildman–Crippen MR) is 104 cm³/mol. The Labute approximate surface area is 164 Å². The van der Waals surface area contributed by atoms with Crippen LogP contribution in [0.4, 0.5) is 0 Å². The van der Waals surface area contributed by atoms with Crippen molar-refractivity contribution in [1.82, 2.24) is 9.62 Å². The Morgan fingerprint density at radius 3 is 2.43 bits per heavy atom. The van der Waals surface area contributed by atoms with E-state index in [0.717, 1.165) is 31.2 Å². The molecule has 0 atom stereocenters. The molecule has 2 aromatic rings. The van der Waals surface area contributed by atoms with E-state index in [9.17, 15) is 13.2 Å². The molecule has 2 aromatic carbocycles. The summed E-state index contributed by atoms with van der Waals surface area (Å²) in [6.45, 7) is 0.244. The molecule has 0 bridgehead atoms. The van der Waals surface area contributed by atoms with Crippen molar-refractivity contribution in [2.24, 2.45) is 0 Å². The van der Waals surface area contributed by atoms with Crippen molar-refractivity contribution in [3.63, 3.8) is 0 Å². The van der Waals surface area contributed by atoms with Crippen molar-refractivity contribution >= 4 is 15.9 Å². The van der Waals surface area contributed by atoms with Crippen LogP contribution in [0.2, 0.25) is 0 Å². The quantitative estimate of drug-likeness (QED) is 0.780. The first kappa shape index (κ1) is 18.7. The number of amides is 1. The summed E-state index contributed by atoms with van der Waals surface area (Å²) < 4.78 is 27.8. The van der Waals surface area contributed by atoms with Crippen molar-refractivity contribution in [2.75, 3.05) is 0 Å². The first-order chi connectivity index (χ1) is 13.5. The molecular weight excluding hydrogens is 374 g/mol. The Morgan fingerprint density at radius 2 is 1.82 bits per heavy atom. The number of benzene rings is 2. The highest BCUT2D eigenvalue weighted by Crippen LogP contribution is 2.33. The summed E-state index contributed by atoms with van der Waals surface area (Å²) in [4.78, 5) is 12.2. The van der Waals surface area contributed by atoms with E-state index in [0.29, 0.717) is 17.2 Å². The van der Waals surface area contributed by atoms with Crippen LogP contribution >= 0.6 is 0 Å². The summed E-state index contributed by atoms with van der Waals surface area (Å²) in [5, 5.41) is 12.0. The highest BCUT2D eigenvalue weighted by Gasteiger charge is 2.38. The van der Waals surface area contributed by atoms with E-state index in [1.54, 1.807) is 36.4 Å². The number of nitriles is 1. The van der Waals surface area contributed by atoms with Gasteiger partial charge in [-0.1, -0.05) is 18.2 Å². The van der Waals surface area contributed by atoms with Crippen LogP contribution < -0.4 is 5.32 Å². The molecule has 0 aliphatic heterocycles. The summed E-state index contributed by atoms with van der Waals surface area (Å²) >= 11 is 0. The molecule has 2 fully saturated rings. The highest BCUT2D eigenvalue weighted by atomic mass is 32.2. The maximum Gasteiger partial charge on any atom is 0.251 e. The average Bonchev–Trinajstić information content (AvgIpc) is 3.61. The van der Waals surface area contributed by atoms with Crippen molar-refractivity contribution < 1.29 is 13.2 Å². The largest absolute Gasteiger partial charge is 0.349 e. The van der Waals surface area contributed by atoms with Gasteiger partial charge in [-0.05, 0) is 61.6 Å². The Hall–Kier alpha value is -2.69. The summed E-state index contributed by atoms with van der Waals surface area (Å²) in [6, 6.07) is 15.5. The molecule has 2 saturated carbocycles. The lowest BCUT2D eigenvalue weighted by molar-refractivity contribution is 0.0951. The van der Waals surface area contributed by atoms with Gasteiger partial charge in [0.2, 0.25) is 10.0 Å². The zero-order valence-electron chi connectivity index (χ0n) is 15.3. The number of nitrogens with zero attached hydrogens (tertiary/aromatic N) is 2. The number of hydrogen-bond acceptors (Lipinski definition) is 4. The second-order valence-electron chi connectivity index (χ2n) is 7.37. The van der Waals surface area contributed by atoms with Crippen molar-refractivity contribution in [2.45, 2.75) is 49.2 Å². The standard InChI is InChI=1S/C21H21N3O3S/c22-13-16-2-1-3-20(12-16)28(26,27)24(19-10-11-19)14-15-4-6-17(7-5-15)21(25)23-18-8-9-18/h1-7,12,18-19H,8-11,14H2,(H,23,25). The Morgan fingerprint density at radius 1 is 1.11 bits per heavy atom. The van der Waals surface area contributed by atoms with Gasteiger partial charge in [-0.2, -0.15) is 9.57 Å². The normalized spacial score (nSPS) is 16.6. The van der Waals surface area contributed by atoms with Crippen molar-refractivity contribution in [3.05, 3.63) is 65.2 Å². The summed E-state index contributed by atoms with van der Waals surface area (Å²) in [5.41, 5.74) is 1.73. The van der Waals surface area contributed by atoms with E-state index < -0.39 is 10.0 Å². The molecule has 1 N–H and O–H groups in total. The fourth-order valence-corrected chi connectivity index (χ4v) is 4.79. The minimum absolute atomic E-state index is 0.0198. The zero-order valence-corrected chi connectivity index (χ0v) is 16.2. The Bertz CT molecular complexity index is 1030. The molecule has 0 aromatic heterocycles. The topological polar surface area (TPSA) is 90.3 Å². The van der Waals surface area contributed by atoms with E-state index in [2.05, 4.69) is 5.32 Å². The van der Waals surface area contributed by atoms with Crippen LogP contribution in [0.25, 0.3) is 0 Å². The number of carbonyl (C=O) groups excluding carboxylic acids is 1. The fourth-order valence-electron chi connectivity index (χ4n) is 3.07. The van der Waals surface area contributed by atoms with Crippen LogP contribution in [-0.4, -0.2) is 30.7 Å². The number of rotatable bonds is 7. The van der Waals surface area contributed by atoms with Gasteiger partial charge in [-0.15, -0.1) is 0 Å². The van der Waals surface area contributed by atoms with Gasteiger partial charge in [-0.25, -0.2) is 8.42 Å². The summed E-state index contributed by atoms with van der Waals surface area (Å²) in [5.74, 6) is -0.0889. The zero-order chi connectivity index (χ0) is 19.7. The maximum atomic E-state index is 13.1. The van der Waals surface area contributed by atoms with Crippen LogP contribution in [0.1, 0.15) is 47.2 Å². The number of hydrogen-bond donors (Lipinski definition) is 1. The first-order valence-electron chi connectivity index (χ1n) is 9.39. The lowest BCUT2D eigenvalue weighted by atomic mass is 10.1. The SMILES string of the molecule is N#Cc1cccc(S(=O)(=O)N(Cc2ccc(C(=O)NC3CC3)cc2)C2CC2)c1. The average molecular weight is 395 g/mol. The second-order valence-corrected chi connectivity index (χ2v) is 9.26.